The molecule has 2 rings (SSSR count). The number of carbonyl (C=O) groups is 2. The molecule has 0 bridgehead atoms. The fourth-order valence-electron chi connectivity index (χ4n) is 2.40. The maximum atomic E-state index is 11.9. The van der Waals surface area contributed by atoms with Crippen LogP contribution in [0.25, 0.3) is 0 Å². The topological polar surface area (TPSA) is 46.6 Å². The molecule has 0 N–H and O–H groups in total. The number of hydrogen-bond acceptors (Lipinski definition) is 4. The summed E-state index contributed by atoms with van der Waals surface area (Å²) in [5, 5.41) is 0. The third-order valence-corrected chi connectivity index (χ3v) is 3.63. The zero-order chi connectivity index (χ0) is 14.0. The van der Waals surface area contributed by atoms with Crippen LogP contribution in [0.2, 0.25) is 0 Å². The van der Waals surface area contributed by atoms with Crippen LogP contribution in [0, 0.1) is 19.8 Å². The molecule has 1 heterocycles. The first-order chi connectivity index (χ1) is 9.04. The molecule has 0 amide bonds. The van der Waals surface area contributed by atoms with E-state index in [0.29, 0.717) is 13.2 Å². The summed E-state index contributed by atoms with van der Waals surface area (Å²) in [6.45, 7) is 6.84. The van der Waals surface area contributed by atoms with Gasteiger partial charge >= 0.3 is 5.97 Å². The minimum Gasteiger partial charge on any atom is -0.465 e. The lowest BCUT2D eigenvalue weighted by Gasteiger charge is -2.20. The van der Waals surface area contributed by atoms with Gasteiger partial charge in [0.2, 0.25) is 0 Å². The third-order valence-electron chi connectivity index (χ3n) is 3.63. The number of ketones is 1. The van der Waals surface area contributed by atoms with E-state index in [1.165, 1.54) is 5.56 Å². The fourth-order valence-corrected chi connectivity index (χ4v) is 2.40. The van der Waals surface area contributed by atoms with E-state index in [-0.39, 0.29) is 12.3 Å². The summed E-state index contributed by atoms with van der Waals surface area (Å²) in [7, 11) is 0. The van der Waals surface area contributed by atoms with Crippen molar-refractivity contribution in [2.45, 2.75) is 20.8 Å². The Hall–Kier alpha value is -1.84. The highest BCUT2D eigenvalue weighted by atomic mass is 16.5. The number of benzene rings is 1. The number of rotatable bonds is 3. The molecule has 1 aromatic carbocycles. The van der Waals surface area contributed by atoms with Crippen LogP contribution in [0.3, 0.4) is 0 Å². The van der Waals surface area contributed by atoms with Gasteiger partial charge in [-0.2, -0.15) is 0 Å². The molecule has 0 aliphatic carbocycles. The monoisotopic (exact) mass is 261 g/mol. The van der Waals surface area contributed by atoms with Crippen molar-refractivity contribution in [2.75, 3.05) is 24.6 Å². The molecule has 1 unspecified atom stereocenters. The molecular weight excluding hydrogens is 242 g/mol. The molecule has 0 radical (unpaired) electrons. The van der Waals surface area contributed by atoms with E-state index < -0.39 is 11.9 Å². The normalized spacial score (nSPS) is 18.8. The number of hydrogen-bond donors (Lipinski definition) is 0. The quantitative estimate of drug-likeness (QED) is 0.615. The van der Waals surface area contributed by atoms with Crippen molar-refractivity contribution in [1.29, 1.82) is 0 Å². The van der Waals surface area contributed by atoms with Crippen LogP contribution in [0.1, 0.15) is 18.1 Å². The Morgan fingerprint density at radius 2 is 2.16 bits per heavy atom. The second kappa shape index (κ2) is 5.43. The Labute approximate surface area is 113 Å². The first-order valence-corrected chi connectivity index (χ1v) is 6.55. The van der Waals surface area contributed by atoms with Crippen LogP contribution in [-0.4, -0.2) is 31.4 Å². The predicted octanol–water partition coefficient (Wildman–Crippen LogP) is 1.87. The maximum Gasteiger partial charge on any atom is 0.318 e. The highest BCUT2D eigenvalue weighted by molar-refractivity contribution is 6.04. The van der Waals surface area contributed by atoms with Gasteiger partial charge in [0, 0.05) is 12.2 Å². The average molecular weight is 261 g/mol. The van der Waals surface area contributed by atoms with Gasteiger partial charge in [0.05, 0.1) is 13.2 Å². The second-order valence-corrected chi connectivity index (χ2v) is 4.87. The first-order valence-electron chi connectivity index (χ1n) is 6.55. The van der Waals surface area contributed by atoms with Gasteiger partial charge in [0.25, 0.3) is 0 Å². The molecule has 1 saturated heterocycles. The lowest BCUT2D eigenvalue weighted by atomic mass is 10.1. The number of anilines is 1. The van der Waals surface area contributed by atoms with E-state index >= 15 is 0 Å². The molecule has 0 spiro atoms. The van der Waals surface area contributed by atoms with Gasteiger partial charge in [-0.25, -0.2) is 0 Å². The lowest BCUT2D eigenvalue weighted by molar-refractivity contribution is -0.149. The zero-order valence-corrected chi connectivity index (χ0v) is 11.6. The van der Waals surface area contributed by atoms with Crippen LogP contribution >= 0.6 is 0 Å². The van der Waals surface area contributed by atoms with E-state index in [0.717, 1.165) is 11.3 Å². The van der Waals surface area contributed by atoms with Gasteiger partial charge in [0.15, 0.2) is 5.78 Å². The van der Waals surface area contributed by atoms with Gasteiger partial charge in [0.1, 0.15) is 5.92 Å². The van der Waals surface area contributed by atoms with Gasteiger partial charge < -0.3 is 9.64 Å². The summed E-state index contributed by atoms with van der Waals surface area (Å²) in [6.07, 6.45) is 0. The maximum absolute atomic E-state index is 11.9. The van der Waals surface area contributed by atoms with Crippen LogP contribution in [0.4, 0.5) is 5.69 Å². The van der Waals surface area contributed by atoms with Crippen molar-refractivity contribution in [3.63, 3.8) is 0 Å². The molecule has 4 nitrogen and oxygen atoms in total. The summed E-state index contributed by atoms with van der Waals surface area (Å²) >= 11 is 0. The van der Waals surface area contributed by atoms with E-state index in [1.807, 2.05) is 36.9 Å². The SMILES string of the molecule is CCOC(=O)C1CN(c2cccc(C)c2C)CC1=O. The summed E-state index contributed by atoms with van der Waals surface area (Å²) < 4.78 is 4.95. The number of Topliss-reactive ketones (excluding diaryl/α,β-unsaturated/α-hetero) is 1. The molecule has 1 aromatic rings. The molecule has 1 aliphatic rings. The van der Waals surface area contributed by atoms with Crippen molar-refractivity contribution in [2.24, 2.45) is 5.92 Å². The molecule has 4 heteroatoms. The molecular formula is C15H19NO3. The highest BCUT2D eigenvalue weighted by Gasteiger charge is 2.37. The van der Waals surface area contributed by atoms with Gasteiger partial charge in [-0.1, -0.05) is 12.1 Å². The minimum absolute atomic E-state index is 0.0562. The first kappa shape index (κ1) is 13.6. The lowest BCUT2D eigenvalue weighted by Crippen LogP contribution is -2.26. The number of carbonyl (C=O) groups excluding carboxylic acids is 2. The van der Waals surface area contributed by atoms with Crippen molar-refractivity contribution in [1.82, 2.24) is 0 Å². The van der Waals surface area contributed by atoms with Crippen molar-refractivity contribution in [3.8, 4) is 0 Å². The Kier molecular flexibility index (Phi) is 3.88. The molecule has 19 heavy (non-hydrogen) atoms. The van der Waals surface area contributed by atoms with E-state index in [2.05, 4.69) is 0 Å². The van der Waals surface area contributed by atoms with Gasteiger partial charge in [-0.3, -0.25) is 9.59 Å². The molecule has 1 fully saturated rings. The van der Waals surface area contributed by atoms with Gasteiger partial charge in [-0.15, -0.1) is 0 Å². The standard InChI is InChI=1S/C15H19NO3/c1-4-19-15(18)12-8-16(9-14(12)17)13-7-5-6-10(2)11(13)3/h5-7,12H,4,8-9H2,1-3H3. The van der Waals surface area contributed by atoms with E-state index in [1.54, 1.807) is 6.92 Å². The van der Waals surface area contributed by atoms with Gasteiger partial charge in [-0.05, 0) is 38.0 Å². The number of esters is 1. The van der Waals surface area contributed by atoms with E-state index in [4.69, 9.17) is 4.74 Å². The Balaban J connectivity index is 2.19. The predicted molar refractivity (Wildman–Crippen MR) is 73.3 cm³/mol. The van der Waals surface area contributed by atoms with Crippen LogP contribution in [0.15, 0.2) is 18.2 Å². The summed E-state index contributed by atoms with van der Waals surface area (Å²) in [5.74, 6) is -1.10. The minimum atomic E-state index is -0.639. The molecule has 0 saturated carbocycles. The second-order valence-electron chi connectivity index (χ2n) is 4.87. The third kappa shape index (κ3) is 2.62. The van der Waals surface area contributed by atoms with Crippen LogP contribution in [0.5, 0.6) is 0 Å². The molecule has 0 aromatic heterocycles. The van der Waals surface area contributed by atoms with Crippen LogP contribution < -0.4 is 4.90 Å². The highest BCUT2D eigenvalue weighted by Crippen LogP contribution is 2.27. The fraction of sp³-hybridized carbons (Fsp3) is 0.467. The van der Waals surface area contributed by atoms with Crippen molar-refractivity contribution in [3.05, 3.63) is 29.3 Å². The number of nitrogens with zero attached hydrogens (tertiary/aromatic N) is 1. The number of ether oxygens (including phenoxy) is 1. The zero-order valence-electron chi connectivity index (χ0n) is 11.6. The largest absolute Gasteiger partial charge is 0.465 e. The Morgan fingerprint density at radius 1 is 1.42 bits per heavy atom. The number of aryl methyl sites for hydroxylation is 1. The average Bonchev–Trinajstić information content (AvgIpc) is 2.75. The van der Waals surface area contributed by atoms with E-state index in [9.17, 15) is 9.59 Å². The summed E-state index contributed by atoms with van der Waals surface area (Å²) in [4.78, 5) is 25.6. The molecule has 1 atom stereocenters. The smallest absolute Gasteiger partial charge is 0.318 e. The molecule has 1 aliphatic heterocycles. The van der Waals surface area contributed by atoms with Crippen molar-refractivity contribution < 1.29 is 14.3 Å². The Bertz CT molecular complexity index is 510. The van der Waals surface area contributed by atoms with Crippen molar-refractivity contribution >= 4 is 17.4 Å². The summed E-state index contributed by atoms with van der Waals surface area (Å²) in [6, 6.07) is 6.00. The molecule has 102 valence electrons. The Morgan fingerprint density at radius 3 is 2.84 bits per heavy atom. The van der Waals surface area contributed by atoms with Crippen LogP contribution in [-0.2, 0) is 14.3 Å². The summed E-state index contributed by atoms with van der Waals surface area (Å²) in [5.41, 5.74) is 3.37.